The highest BCUT2D eigenvalue weighted by molar-refractivity contribution is 14.1. The summed E-state index contributed by atoms with van der Waals surface area (Å²) in [4.78, 5) is 23.3. The van der Waals surface area contributed by atoms with Crippen molar-refractivity contribution in [2.45, 2.75) is 39.9 Å². The molecule has 1 aromatic carbocycles. The number of carbonyl (C=O) groups excluding carboxylic acids is 2. The molecule has 0 atom stereocenters. The molecule has 1 aromatic rings. The minimum Gasteiger partial charge on any atom is -0.465 e. The minimum absolute atomic E-state index is 0.130. The second-order valence-corrected chi connectivity index (χ2v) is 6.98. The number of methoxy groups -OCH3 is 1. The average Bonchev–Trinajstić information content (AvgIpc) is 2.39. The van der Waals surface area contributed by atoms with Crippen LogP contribution in [0.25, 0.3) is 0 Å². The van der Waals surface area contributed by atoms with Crippen LogP contribution in [0.3, 0.4) is 0 Å². The fourth-order valence-electron chi connectivity index (χ4n) is 1.76. The first-order chi connectivity index (χ1) is 10.1. The Bertz CT molecular complexity index is 560. The number of carbonyl (C=O) groups is 2. The Kier molecular flexibility index (Phi) is 6.80. The van der Waals surface area contributed by atoms with Crippen LogP contribution in [0.15, 0.2) is 12.1 Å². The van der Waals surface area contributed by atoms with Crippen molar-refractivity contribution >= 4 is 34.5 Å². The lowest BCUT2D eigenvalue weighted by Gasteiger charge is -2.19. The third-order valence-corrected chi connectivity index (χ3v) is 3.84. The lowest BCUT2D eigenvalue weighted by atomic mass is 10.1. The molecule has 122 valence electrons. The molecule has 0 aromatic heterocycles. The Hall–Kier alpha value is -1.15. The molecule has 0 aliphatic heterocycles. The standard InChI is InChI=1S/C16H21IO5/c1-10-12(15(19)20-5)6-11(7-13(10)17)8-21-9-14(18)22-16(2,3)4/h6-7H,8-9H2,1-5H3. The maximum absolute atomic E-state index is 11.7. The van der Waals surface area contributed by atoms with E-state index in [1.165, 1.54) is 7.11 Å². The van der Waals surface area contributed by atoms with Crippen LogP contribution in [0, 0.1) is 10.5 Å². The third kappa shape index (κ3) is 5.92. The van der Waals surface area contributed by atoms with Gasteiger partial charge in [-0.15, -0.1) is 0 Å². The molecule has 22 heavy (non-hydrogen) atoms. The van der Waals surface area contributed by atoms with E-state index in [2.05, 4.69) is 22.6 Å². The lowest BCUT2D eigenvalue weighted by molar-refractivity contribution is -0.160. The van der Waals surface area contributed by atoms with Crippen molar-refractivity contribution in [3.63, 3.8) is 0 Å². The lowest BCUT2D eigenvalue weighted by Crippen LogP contribution is -2.26. The molecular weight excluding hydrogens is 399 g/mol. The molecule has 0 amide bonds. The summed E-state index contributed by atoms with van der Waals surface area (Å²) in [5, 5.41) is 0. The number of ether oxygens (including phenoxy) is 3. The van der Waals surface area contributed by atoms with E-state index in [4.69, 9.17) is 14.2 Å². The second kappa shape index (κ2) is 7.92. The van der Waals surface area contributed by atoms with Crippen molar-refractivity contribution in [1.82, 2.24) is 0 Å². The van der Waals surface area contributed by atoms with Gasteiger partial charge in [-0.05, 0) is 73.5 Å². The highest BCUT2D eigenvalue weighted by Crippen LogP contribution is 2.20. The number of benzene rings is 1. The first kappa shape index (κ1) is 18.9. The van der Waals surface area contributed by atoms with Crippen LogP contribution in [0.1, 0.15) is 42.3 Å². The summed E-state index contributed by atoms with van der Waals surface area (Å²) in [6.45, 7) is 7.36. The molecule has 0 heterocycles. The molecular formula is C16H21IO5. The van der Waals surface area contributed by atoms with E-state index < -0.39 is 11.6 Å². The molecule has 0 saturated heterocycles. The van der Waals surface area contributed by atoms with Crippen molar-refractivity contribution in [2.75, 3.05) is 13.7 Å². The van der Waals surface area contributed by atoms with Gasteiger partial charge in [-0.2, -0.15) is 0 Å². The Morgan fingerprint density at radius 1 is 1.23 bits per heavy atom. The maximum atomic E-state index is 11.7. The molecule has 1 rings (SSSR count). The van der Waals surface area contributed by atoms with Gasteiger partial charge in [0.25, 0.3) is 0 Å². The molecule has 0 N–H and O–H groups in total. The first-order valence-electron chi connectivity index (χ1n) is 6.81. The Labute approximate surface area is 144 Å². The monoisotopic (exact) mass is 420 g/mol. The zero-order chi connectivity index (χ0) is 16.9. The van der Waals surface area contributed by atoms with E-state index in [9.17, 15) is 9.59 Å². The van der Waals surface area contributed by atoms with Gasteiger partial charge in [0.15, 0.2) is 0 Å². The molecule has 0 aliphatic carbocycles. The number of esters is 2. The molecule has 0 bridgehead atoms. The third-order valence-electron chi connectivity index (χ3n) is 2.72. The van der Waals surface area contributed by atoms with Gasteiger partial charge in [-0.1, -0.05) is 0 Å². The number of hydrogen-bond donors (Lipinski definition) is 0. The van der Waals surface area contributed by atoms with Gasteiger partial charge in [0.1, 0.15) is 12.2 Å². The van der Waals surface area contributed by atoms with E-state index in [-0.39, 0.29) is 19.2 Å². The van der Waals surface area contributed by atoms with Crippen LogP contribution in [-0.2, 0) is 25.6 Å². The number of hydrogen-bond acceptors (Lipinski definition) is 5. The summed E-state index contributed by atoms with van der Waals surface area (Å²) < 4.78 is 16.2. The van der Waals surface area contributed by atoms with Crippen LogP contribution in [0.2, 0.25) is 0 Å². The average molecular weight is 420 g/mol. The van der Waals surface area contributed by atoms with Crippen molar-refractivity contribution in [3.8, 4) is 0 Å². The quantitative estimate of drug-likeness (QED) is 0.541. The molecule has 0 fully saturated rings. The Balaban J connectivity index is 2.69. The zero-order valence-electron chi connectivity index (χ0n) is 13.5. The molecule has 6 heteroatoms. The summed E-state index contributed by atoms with van der Waals surface area (Å²) in [5.74, 6) is -0.799. The van der Waals surface area contributed by atoms with Crippen molar-refractivity contribution in [3.05, 3.63) is 32.4 Å². The predicted molar refractivity (Wildman–Crippen MR) is 90.7 cm³/mol. The topological polar surface area (TPSA) is 61.8 Å². The molecule has 5 nitrogen and oxygen atoms in total. The van der Waals surface area contributed by atoms with Gasteiger partial charge in [-0.3, -0.25) is 0 Å². The smallest absolute Gasteiger partial charge is 0.338 e. The van der Waals surface area contributed by atoms with Crippen molar-refractivity contribution in [2.24, 2.45) is 0 Å². The van der Waals surface area contributed by atoms with Crippen LogP contribution in [0.4, 0.5) is 0 Å². The molecule has 0 aliphatic rings. The summed E-state index contributed by atoms with van der Waals surface area (Å²) >= 11 is 2.15. The highest BCUT2D eigenvalue weighted by Gasteiger charge is 2.17. The van der Waals surface area contributed by atoms with Crippen molar-refractivity contribution < 1.29 is 23.8 Å². The van der Waals surface area contributed by atoms with Gasteiger partial charge in [0, 0.05) is 3.57 Å². The van der Waals surface area contributed by atoms with Crippen molar-refractivity contribution in [1.29, 1.82) is 0 Å². The second-order valence-electron chi connectivity index (χ2n) is 5.82. The molecule has 0 spiro atoms. The Morgan fingerprint density at radius 3 is 2.41 bits per heavy atom. The van der Waals surface area contributed by atoms with Gasteiger partial charge >= 0.3 is 11.9 Å². The fraction of sp³-hybridized carbons (Fsp3) is 0.500. The summed E-state index contributed by atoms with van der Waals surface area (Å²) in [5.41, 5.74) is 1.64. The minimum atomic E-state index is -0.530. The van der Waals surface area contributed by atoms with E-state index in [0.29, 0.717) is 5.56 Å². The van der Waals surface area contributed by atoms with Gasteiger partial charge < -0.3 is 14.2 Å². The molecule has 0 unspecified atom stereocenters. The zero-order valence-corrected chi connectivity index (χ0v) is 15.6. The molecule has 0 radical (unpaired) electrons. The van der Waals surface area contributed by atoms with Gasteiger partial charge in [-0.25, -0.2) is 9.59 Å². The van der Waals surface area contributed by atoms with Crippen LogP contribution < -0.4 is 0 Å². The Morgan fingerprint density at radius 2 is 1.86 bits per heavy atom. The van der Waals surface area contributed by atoms with Gasteiger partial charge in [0.2, 0.25) is 0 Å². The molecule has 0 saturated carbocycles. The van der Waals surface area contributed by atoms with E-state index in [1.807, 2.05) is 13.0 Å². The van der Waals surface area contributed by atoms with Crippen LogP contribution >= 0.6 is 22.6 Å². The van der Waals surface area contributed by atoms with Gasteiger partial charge in [0.05, 0.1) is 19.3 Å². The first-order valence-corrected chi connectivity index (χ1v) is 7.89. The maximum Gasteiger partial charge on any atom is 0.338 e. The fourth-order valence-corrected chi connectivity index (χ4v) is 2.45. The largest absolute Gasteiger partial charge is 0.465 e. The van der Waals surface area contributed by atoms with E-state index >= 15 is 0 Å². The normalized spacial score (nSPS) is 11.2. The summed E-state index contributed by atoms with van der Waals surface area (Å²) in [7, 11) is 1.35. The van der Waals surface area contributed by atoms with E-state index in [1.54, 1.807) is 26.8 Å². The SMILES string of the molecule is COC(=O)c1cc(COCC(=O)OC(C)(C)C)cc(I)c1C. The van der Waals surface area contributed by atoms with Crippen LogP contribution in [0.5, 0.6) is 0 Å². The summed E-state index contributed by atoms with van der Waals surface area (Å²) in [6, 6.07) is 3.63. The number of rotatable bonds is 5. The highest BCUT2D eigenvalue weighted by atomic mass is 127. The van der Waals surface area contributed by atoms with Crippen LogP contribution in [-0.4, -0.2) is 31.3 Å². The predicted octanol–water partition coefficient (Wildman–Crippen LogP) is 3.24. The van der Waals surface area contributed by atoms with E-state index in [0.717, 1.165) is 14.7 Å². The summed E-state index contributed by atoms with van der Waals surface area (Å²) in [6.07, 6.45) is 0. The number of halogens is 1.